The molecule has 0 aliphatic carbocycles. The van der Waals surface area contributed by atoms with Crippen LogP contribution >= 0.6 is 0 Å². The van der Waals surface area contributed by atoms with Gasteiger partial charge in [0.2, 0.25) is 5.96 Å². The van der Waals surface area contributed by atoms with Gasteiger partial charge in [0.25, 0.3) is 5.91 Å². The first-order chi connectivity index (χ1) is 20.0. The number of nitrogens with one attached hydrogen (secondary N) is 3. The molecule has 0 bridgehead atoms. The number of nitrogens with zero attached hydrogens (tertiary/aromatic N) is 3. The highest BCUT2D eigenvalue weighted by molar-refractivity contribution is 6.01. The molecule has 0 spiro atoms. The highest BCUT2D eigenvalue weighted by Crippen LogP contribution is 2.34. The van der Waals surface area contributed by atoms with E-state index in [4.69, 9.17) is 14.5 Å². The van der Waals surface area contributed by atoms with Crippen LogP contribution in [0.25, 0.3) is 0 Å². The van der Waals surface area contributed by atoms with E-state index in [2.05, 4.69) is 20.9 Å². The van der Waals surface area contributed by atoms with Crippen LogP contribution in [0.1, 0.15) is 20.7 Å². The number of hydrogen-bond acceptors (Lipinski definition) is 10. The maximum Gasteiger partial charge on any atom is 0.337 e. The Kier molecular flexibility index (Phi) is 7.91. The monoisotopic (exact) mass is 548 g/mol. The number of hydrogen-bond donors (Lipinski definition) is 3. The lowest BCUT2D eigenvalue weighted by Gasteiger charge is -2.44. The molecule has 1 atom stereocenters. The Balaban J connectivity index is 1.58. The fourth-order valence-corrected chi connectivity index (χ4v) is 4.31. The van der Waals surface area contributed by atoms with Gasteiger partial charge in [0.05, 0.1) is 31.7 Å². The SMILES string of the molecule is COC(=O)c1ccc(NC2=NC(Nc3ccc(C(=O)OC)cc3)(N(c3ccccc3)c3ccccc3)NC=N2)cc1. The fourth-order valence-electron chi connectivity index (χ4n) is 4.31. The Morgan fingerprint density at radius 1 is 0.707 bits per heavy atom. The number of para-hydroxylation sites is 2. The summed E-state index contributed by atoms with van der Waals surface area (Å²) in [5.74, 6) is -1.83. The second-order valence-corrected chi connectivity index (χ2v) is 8.90. The topological polar surface area (TPSA) is 117 Å². The number of ether oxygens (including phenoxy) is 2. The molecule has 3 N–H and O–H groups in total. The molecule has 0 radical (unpaired) electrons. The second-order valence-electron chi connectivity index (χ2n) is 8.90. The second kappa shape index (κ2) is 12.0. The molecular formula is C31H28N6O4. The van der Waals surface area contributed by atoms with E-state index >= 15 is 0 Å². The Morgan fingerprint density at radius 3 is 1.68 bits per heavy atom. The number of carbonyl (C=O) groups is 2. The Hall–Kier alpha value is -5.64. The first-order valence-corrected chi connectivity index (χ1v) is 12.7. The van der Waals surface area contributed by atoms with Crippen LogP contribution in [-0.2, 0) is 9.47 Å². The summed E-state index contributed by atoms with van der Waals surface area (Å²) in [4.78, 5) is 35.3. The van der Waals surface area contributed by atoms with Crippen LogP contribution < -0.4 is 20.9 Å². The van der Waals surface area contributed by atoms with Gasteiger partial charge in [-0.15, -0.1) is 0 Å². The van der Waals surface area contributed by atoms with E-state index in [1.165, 1.54) is 14.2 Å². The molecule has 10 heteroatoms. The van der Waals surface area contributed by atoms with E-state index in [0.717, 1.165) is 11.4 Å². The number of carbonyl (C=O) groups excluding carboxylic acids is 2. The van der Waals surface area contributed by atoms with Gasteiger partial charge in [0, 0.05) is 22.7 Å². The average molecular weight is 549 g/mol. The van der Waals surface area contributed by atoms with Crippen molar-refractivity contribution >= 4 is 47.0 Å². The third-order valence-corrected chi connectivity index (χ3v) is 6.26. The van der Waals surface area contributed by atoms with Gasteiger partial charge in [-0.1, -0.05) is 36.4 Å². The normalized spacial score (nSPS) is 15.6. The molecule has 4 aromatic rings. The first-order valence-electron chi connectivity index (χ1n) is 12.7. The molecular weight excluding hydrogens is 520 g/mol. The molecule has 1 aliphatic heterocycles. The van der Waals surface area contributed by atoms with Gasteiger partial charge in [-0.2, -0.15) is 4.99 Å². The predicted octanol–water partition coefficient (Wildman–Crippen LogP) is 5.22. The lowest BCUT2D eigenvalue weighted by molar-refractivity contribution is 0.0592. The quantitative estimate of drug-likeness (QED) is 0.203. The van der Waals surface area contributed by atoms with Crippen LogP contribution in [0.15, 0.2) is 119 Å². The zero-order valence-corrected chi connectivity index (χ0v) is 22.4. The van der Waals surface area contributed by atoms with E-state index in [9.17, 15) is 9.59 Å². The highest BCUT2D eigenvalue weighted by atomic mass is 16.5. The molecule has 1 aliphatic rings. The van der Waals surface area contributed by atoms with Gasteiger partial charge in [-0.05, 0) is 72.8 Å². The standard InChI is InChI=1S/C31H28N6O4/c1-40-28(38)22-13-17-24(18-14-22)34-30-32-21-33-31(36-30,35-25-19-15-23(16-20-25)29(39)41-2)37(26-9-5-3-6-10-26)27-11-7-4-8-12-27/h3-21,35H,1-2H3,(H2,32,33,34,36). The molecule has 1 heterocycles. The lowest BCUT2D eigenvalue weighted by atomic mass is 10.2. The highest BCUT2D eigenvalue weighted by Gasteiger charge is 2.40. The molecule has 4 aromatic carbocycles. The van der Waals surface area contributed by atoms with E-state index in [0.29, 0.717) is 28.5 Å². The van der Waals surface area contributed by atoms with Crippen molar-refractivity contribution in [1.29, 1.82) is 0 Å². The summed E-state index contributed by atoms with van der Waals surface area (Å²) < 4.78 is 9.64. The van der Waals surface area contributed by atoms with Crippen LogP contribution in [0.3, 0.4) is 0 Å². The lowest BCUT2D eigenvalue weighted by Crippen LogP contribution is -2.63. The summed E-state index contributed by atoms with van der Waals surface area (Å²) in [7, 11) is 2.69. The summed E-state index contributed by atoms with van der Waals surface area (Å²) in [5, 5.41) is 10.0. The molecule has 41 heavy (non-hydrogen) atoms. The smallest absolute Gasteiger partial charge is 0.337 e. The first kappa shape index (κ1) is 26.9. The van der Waals surface area contributed by atoms with Crippen molar-refractivity contribution in [2.45, 2.75) is 5.91 Å². The molecule has 0 saturated carbocycles. The maximum absolute atomic E-state index is 12.0. The van der Waals surface area contributed by atoms with E-state index in [-0.39, 0.29) is 0 Å². The van der Waals surface area contributed by atoms with Crippen LogP contribution in [0.2, 0.25) is 0 Å². The van der Waals surface area contributed by atoms with E-state index < -0.39 is 17.8 Å². The molecule has 0 aromatic heterocycles. The fraction of sp³-hybridized carbons (Fsp3) is 0.0968. The molecule has 0 saturated heterocycles. The molecule has 0 fully saturated rings. The molecule has 206 valence electrons. The van der Waals surface area contributed by atoms with Crippen molar-refractivity contribution in [1.82, 2.24) is 5.32 Å². The number of guanidine groups is 1. The summed E-state index contributed by atoms with van der Waals surface area (Å²) in [6, 6.07) is 33.4. The number of anilines is 4. The minimum absolute atomic E-state index is 0.310. The van der Waals surface area contributed by atoms with Crippen LogP contribution in [0.5, 0.6) is 0 Å². The van der Waals surface area contributed by atoms with Crippen molar-refractivity contribution in [2.24, 2.45) is 9.98 Å². The van der Waals surface area contributed by atoms with Gasteiger partial charge < -0.3 is 25.4 Å². The number of esters is 2. The molecule has 5 rings (SSSR count). The summed E-state index contributed by atoms with van der Waals surface area (Å²) >= 11 is 0. The zero-order valence-electron chi connectivity index (χ0n) is 22.4. The average Bonchev–Trinajstić information content (AvgIpc) is 3.02. The van der Waals surface area contributed by atoms with Crippen molar-refractivity contribution in [3.63, 3.8) is 0 Å². The van der Waals surface area contributed by atoms with Gasteiger partial charge in [0.15, 0.2) is 0 Å². The number of methoxy groups -OCH3 is 2. The Morgan fingerprint density at radius 2 is 1.20 bits per heavy atom. The third kappa shape index (κ3) is 6.01. The van der Waals surface area contributed by atoms with Gasteiger partial charge >= 0.3 is 11.9 Å². The van der Waals surface area contributed by atoms with Gasteiger partial charge in [-0.25, -0.2) is 14.6 Å². The van der Waals surface area contributed by atoms with Crippen LogP contribution in [-0.4, -0.2) is 44.4 Å². The number of benzene rings is 4. The Bertz CT molecular complexity index is 1520. The predicted molar refractivity (Wildman–Crippen MR) is 160 cm³/mol. The van der Waals surface area contributed by atoms with Crippen molar-refractivity contribution in [3.05, 3.63) is 120 Å². The number of rotatable bonds is 8. The summed E-state index contributed by atoms with van der Waals surface area (Å²) in [6.45, 7) is 0. The van der Waals surface area contributed by atoms with Crippen molar-refractivity contribution in [3.8, 4) is 0 Å². The van der Waals surface area contributed by atoms with E-state index in [1.807, 2.05) is 65.6 Å². The van der Waals surface area contributed by atoms with Crippen molar-refractivity contribution < 1.29 is 19.1 Å². The van der Waals surface area contributed by atoms with E-state index in [1.54, 1.807) is 54.9 Å². The summed E-state index contributed by atoms with van der Waals surface area (Å²) in [6.07, 6.45) is 1.56. The molecule has 1 unspecified atom stereocenters. The van der Waals surface area contributed by atoms with Gasteiger partial charge in [0.1, 0.15) is 0 Å². The third-order valence-electron chi connectivity index (χ3n) is 6.26. The summed E-state index contributed by atoms with van der Waals surface area (Å²) in [5.41, 5.74) is 3.92. The number of aliphatic imine (C=N–C) groups is 2. The van der Waals surface area contributed by atoms with Gasteiger partial charge in [-0.3, -0.25) is 4.90 Å². The minimum atomic E-state index is -1.30. The Labute approximate surface area is 237 Å². The van der Waals surface area contributed by atoms with Crippen LogP contribution in [0, 0.1) is 0 Å². The minimum Gasteiger partial charge on any atom is -0.465 e. The molecule has 10 nitrogen and oxygen atoms in total. The largest absolute Gasteiger partial charge is 0.465 e. The molecule has 0 amide bonds. The zero-order chi connectivity index (χ0) is 28.7. The maximum atomic E-state index is 12.0. The van der Waals surface area contributed by atoms with Crippen molar-refractivity contribution in [2.75, 3.05) is 29.8 Å². The van der Waals surface area contributed by atoms with Crippen LogP contribution in [0.4, 0.5) is 22.7 Å².